The number of ether oxygens (including phenoxy) is 3. The Kier molecular flexibility index (Phi) is 7.05. The molecule has 0 aliphatic heterocycles. The van der Waals surface area contributed by atoms with E-state index < -0.39 is 0 Å². The molecule has 0 atom stereocenters. The zero-order valence-electron chi connectivity index (χ0n) is 15.9. The molecule has 0 heterocycles. The summed E-state index contributed by atoms with van der Waals surface area (Å²) in [7, 11) is 1.51. The fourth-order valence-corrected chi connectivity index (χ4v) is 2.47. The molecule has 144 valence electrons. The van der Waals surface area contributed by atoms with Crippen LogP contribution in [0.2, 0.25) is 0 Å². The predicted octanol–water partition coefficient (Wildman–Crippen LogP) is 3.70. The lowest BCUT2D eigenvalue weighted by Gasteiger charge is -2.14. The van der Waals surface area contributed by atoms with Crippen molar-refractivity contribution in [3.05, 3.63) is 42.0 Å². The maximum absolute atomic E-state index is 12.6. The molecule has 2 N–H and O–H groups in total. The number of carbonyl (C=O) groups is 2. The number of hydrogen-bond donors (Lipinski definition) is 2. The number of hydrogen-bond acceptors (Lipinski definition) is 5. The first kappa shape index (κ1) is 20.1. The zero-order valence-corrected chi connectivity index (χ0v) is 15.9. The predicted molar refractivity (Wildman–Crippen MR) is 104 cm³/mol. The number of anilines is 2. The molecule has 2 aromatic rings. The number of benzene rings is 2. The normalized spacial score (nSPS) is 10.1. The molecule has 2 amide bonds. The molecule has 7 nitrogen and oxygen atoms in total. The minimum absolute atomic E-state index is 0.232. The van der Waals surface area contributed by atoms with Crippen molar-refractivity contribution in [1.82, 2.24) is 0 Å². The Labute approximate surface area is 158 Å². The average Bonchev–Trinajstić information content (AvgIpc) is 2.63. The third-order valence-corrected chi connectivity index (χ3v) is 3.57. The average molecular weight is 372 g/mol. The van der Waals surface area contributed by atoms with E-state index in [0.717, 1.165) is 0 Å². The van der Waals surface area contributed by atoms with E-state index in [2.05, 4.69) is 10.6 Å². The van der Waals surface area contributed by atoms with Gasteiger partial charge in [0.25, 0.3) is 5.91 Å². The van der Waals surface area contributed by atoms with Crippen molar-refractivity contribution in [3.8, 4) is 17.2 Å². The van der Waals surface area contributed by atoms with Crippen molar-refractivity contribution in [2.24, 2.45) is 0 Å². The second kappa shape index (κ2) is 9.47. The third-order valence-electron chi connectivity index (χ3n) is 3.57. The summed E-state index contributed by atoms with van der Waals surface area (Å²) in [5, 5.41) is 5.48. The van der Waals surface area contributed by atoms with Gasteiger partial charge in [-0.3, -0.25) is 9.59 Å². The fourth-order valence-electron chi connectivity index (χ4n) is 2.47. The van der Waals surface area contributed by atoms with E-state index >= 15 is 0 Å². The molecule has 2 rings (SSSR count). The highest BCUT2D eigenvalue weighted by Crippen LogP contribution is 2.30. The lowest BCUT2D eigenvalue weighted by atomic mass is 10.1. The van der Waals surface area contributed by atoms with E-state index in [9.17, 15) is 9.59 Å². The molecule has 0 radical (unpaired) electrons. The molecule has 0 bridgehead atoms. The van der Waals surface area contributed by atoms with Crippen molar-refractivity contribution < 1.29 is 23.8 Å². The third kappa shape index (κ3) is 5.37. The van der Waals surface area contributed by atoms with Crippen molar-refractivity contribution in [1.29, 1.82) is 0 Å². The number of carbonyl (C=O) groups excluding carboxylic acids is 2. The van der Waals surface area contributed by atoms with Gasteiger partial charge in [0, 0.05) is 18.2 Å². The summed E-state index contributed by atoms with van der Waals surface area (Å²) in [5.74, 6) is 1.07. The lowest BCUT2D eigenvalue weighted by Crippen LogP contribution is -2.13. The maximum atomic E-state index is 12.6. The minimum Gasteiger partial charge on any atom is -0.495 e. The smallest absolute Gasteiger partial charge is 0.255 e. The second-order valence-corrected chi connectivity index (χ2v) is 5.58. The fraction of sp³-hybridized carbons (Fsp3) is 0.300. The Bertz CT molecular complexity index is 820. The minimum atomic E-state index is -0.307. The van der Waals surface area contributed by atoms with Crippen molar-refractivity contribution in [2.75, 3.05) is 31.0 Å². The molecule has 0 aliphatic rings. The highest BCUT2D eigenvalue weighted by Gasteiger charge is 2.13. The highest BCUT2D eigenvalue weighted by atomic mass is 16.5. The largest absolute Gasteiger partial charge is 0.495 e. The molecule has 0 fully saturated rings. The van der Waals surface area contributed by atoms with Crippen LogP contribution in [0, 0.1) is 0 Å². The first-order valence-corrected chi connectivity index (χ1v) is 8.65. The van der Waals surface area contributed by atoms with Gasteiger partial charge in [-0.1, -0.05) is 0 Å². The number of nitrogens with one attached hydrogen (secondary N) is 2. The van der Waals surface area contributed by atoms with E-state index in [1.807, 2.05) is 13.8 Å². The van der Waals surface area contributed by atoms with Gasteiger partial charge in [0.2, 0.25) is 5.91 Å². The van der Waals surface area contributed by atoms with Gasteiger partial charge < -0.3 is 24.8 Å². The molecule has 0 unspecified atom stereocenters. The SMILES string of the molecule is CCOc1ccc(C(=O)Nc2ccc(OC)c(NC(C)=O)c2)cc1OCC. The van der Waals surface area contributed by atoms with E-state index in [1.165, 1.54) is 14.0 Å². The second-order valence-electron chi connectivity index (χ2n) is 5.58. The highest BCUT2D eigenvalue weighted by molar-refractivity contribution is 6.05. The molecule has 0 spiro atoms. The van der Waals surface area contributed by atoms with E-state index in [-0.39, 0.29) is 11.8 Å². The van der Waals surface area contributed by atoms with Crippen LogP contribution in [0.3, 0.4) is 0 Å². The quantitative estimate of drug-likeness (QED) is 0.738. The van der Waals surface area contributed by atoms with E-state index in [0.29, 0.717) is 47.4 Å². The molecule has 0 saturated heterocycles. The van der Waals surface area contributed by atoms with Crippen LogP contribution in [0.5, 0.6) is 17.2 Å². The molecule has 0 aromatic heterocycles. The molecule has 27 heavy (non-hydrogen) atoms. The molecule has 0 aliphatic carbocycles. The summed E-state index contributed by atoms with van der Waals surface area (Å²) in [4.78, 5) is 23.9. The van der Waals surface area contributed by atoms with Crippen LogP contribution < -0.4 is 24.8 Å². The van der Waals surface area contributed by atoms with Gasteiger partial charge in [-0.2, -0.15) is 0 Å². The van der Waals surface area contributed by atoms with Gasteiger partial charge in [-0.15, -0.1) is 0 Å². The van der Waals surface area contributed by atoms with Crippen LogP contribution >= 0.6 is 0 Å². The Morgan fingerprint density at radius 3 is 2.19 bits per heavy atom. The molecular weight excluding hydrogens is 348 g/mol. The van der Waals surface area contributed by atoms with Crippen LogP contribution in [-0.2, 0) is 4.79 Å². The van der Waals surface area contributed by atoms with Crippen LogP contribution in [0.25, 0.3) is 0 Å². The summed E-state index contributed by atoms with van der Waals surface area (Å²) in [6.45, 7) is 6.11. The number of methoxy groups -OCH3 is 1. The monoisotopic (exact) mass is 372 g/mol. The summed E-state index contributed by atoms with van der Waals surface area (Å²) in [6.07, 6.45) is 0. The van der Waals surface area contributed by atoms with Gasteiger partial charge in [0.05, 0.1) is 26.0 Å². The summed E-state index contributed by atoms with van der Waals surface area (Å²) < 4.78 is 16.3. The Morgan fingerprint density at radius 2 is 1.56 bits per heavy atom. The van der Waals surface area contributed by atoms with Gasteiger partial charge in [0.1, 0.15) is 5.75 Å². The van der Waals surface area contributed by atoms with Crippen molar-refractivity contribution in [3.63, 3.8) is 0 Å². The zero-order chi connectivity index (χ0) is 19.8. The summed E-state index contributed by atoms with van der Waals surface area (Å²) in [5.41, 5.74) is 1.43. The van der Waals surface area contributed by atoms with Gasteiger partial charge in [-0.25, -0.2) is 0 Å². The van der Waals surface area contributed by atoms with Gasteiger partial charge >= 0.3 is 0 Å². The van der Waals surface area contributed by atoms with Crippen molar-refractivity contribution in [2.45, 2.75) is 20.8 Å². The lowest BCUT2D eigenvalue weighted by molar-refractivity contribution is -0.114. The number of rotatable bonds is 8. The van der Waals surface area contributed by atoms with Crippen molar-refractivity contribution >= 4 is 23.2 Å². The first-order chi connectivity index (χ1) is 13.0. The summed E-state index contributed by atoms with van der Waals surface area (Å²) >= 11 is 0. The Hall–Kier alpha value is -3.22. The molecular formula is C20H24N2O5. The van der Waals surface area contributed by atoms with Crippen LogP contribution in [0.4, 0.5) is 11.4 Å². The maximum Gasteiger partial charge on any atom is 0.255 e. The van der Waals surface area contributed by atoms with Gasteiger partial charge in [0.15, 0.2) is 11.5 Å². The van der Waals surface area contributed by atoms with E-state index in [4.69, 9.17) is 14.2 Å². The Balaban J connectivity index is 2.23. The van der Waals surface area contributed by atoms with E-state index in [1.54, 1.807) is 36.4 Å². The topological polar surface area (TPSA) is 85.9 Å². The first-order valence-electron chi connectivity index (χ1n) is 8.65. The standard InChI is InChI=1S/C20H24N2O5/c1-5-26-18-9-7-14(11-19(18)27-6-2)20(24)22-15-8-10-17(25-4)16(12-15)21-13(3)23/h7-12H,5-6H2,1-4H3,(H,21,23)(H,22,24). The Morgan fingerprint density at radius 1 is 0.889 bits per heavy atom. The molecule has 7 heteroatoms. The molecule has 0 saturated carbocycles. The number of amides is 2. The van der Waals surface area contributed by atoms with Crippen LogP contribution in [0.15, 0.2) is 36.4 Å². The van der Waals surface area contributed by atoms with Crippen LogP contribution in [0.1, 0.15) is 31.1 Å². The van der Waals surface area contributed by atoms with Gasteiger partial charge in [-0.05, 0) is 50.2 Å². The molecule has 2 aromatic carbocycles. The summed E-state index contributed by atoms with van der Waals surface area (Å²) in [6, 6.07) is 10.0. The van der Waals surface area contributed by atoms with Crippen LogP contribution in [-0.4, -0.2) is 32.1 Å².